The summed E-state index contributed by atoms with van der Waals surface area (Å²) in [7, 11) is 0. The van der Waals surface area contributed by atoms with E-state index in [9.17, 15) is 0 Å². The molecule has 4 nitrogen and oxygen atoms in total. The predicted molar refractivity (Wildman–Crippen MR) is 69.7 cm³/mol. The largest absolute Gasteiger partial charge is 0.319 e. The lowest BCUT2D eigenvalue weighted by Crippen LogP contribution is -2.36. The lowest BCUT2D eigenvalue weighted by Gasteiger charge is -2.25. The fourth-order valence-electron chi connectivity index (χ4n) is 1.98. The van der Waals surface area contributed by atoms with Crippen molar-refractivity contribution in [2.24, 2.45) is 5.73 Å². The maximum Gasteiger partial charge on any atom is 0.160 e. The van der Waals surface area contributed by atoms with Gasteiger partial charge in [0, 0.05) is 12.2 Å². The van der Waals surface area contributed by atoms with Gasteiger partial charge in [-0.2, -0.15) is 0 Å². The Labute approximate surface area is 102 Å². The molecular formula is C13H20N4. The quantitative estimate of drug-likeness (QED) is 0.885. The second-order valence-electron chi connectivity index (χ2n) is 5.02. The molecule has 0 spiro atoms. The van der Waals surface area contributed by atoms with Gasteiger partial charge in [0.15, 0.2) is 5.65 Å². The van der Waals surface area contributed by atoms with Crippen molar-refractivity contribution < 1.29 is 0 Å². The van der Waals surface area contributed by atoms with E-state index in [0.717, 1.165) is 23.4 Å². The Bertz CT molecular complexity index is 525. The molecule has 2 N–H and O–H groups in total. The predicted octanol–water partition coefficient (Wildman–Crippen LogP) is 2.60. The Morgan fingerprint density at radius 2 is 2.18 bits per heavy atom. The van der Waals surface area contributed by atoms with Crippen LogP contribution in [0.2, 0.25) is 0 Å². The van der Waals surface area contributed by atoms with Gasteiger partial charge in [0.05, 0.1) is 5.54 Å². The summed E-state index contributed by atoms with van der Waals surface area (Å²) < 4.78 is 2.14. The van der Waals surface area contributed by atoms with Crippen LogP contribution in [0.15, 0.2) is 18.3 Å². The molecule has 0 fully saturated rings. The average Bonchev–Trinajstić information content (AvgIpc) is 2.68. The number of hydrogen-bond donors (Lipinski definition) is 1. The van der Waals surface area contributed by atoms with Crippen LogP contribution in [-0.4, -0.2) is 14.5 Å². The summed E-state index contributed by atoms with van der Waals surface area (Å²) in [6.07, 6.45) is 2.65. The molecule has 2 aromatic rings. The summed E-state index contributed by atoms with van der Waals surface area (Å²) >= 11 is 0. The second kappa shape index (κ2) is 4.11. The van der Waals surface area contributed by atoms with Gasteiger partial charge in [-0.05, 0) is 39.3 Å². The van der Waals surface area contributed by atoms with Crippen molar-refractivity contribution >= 4 is 11.2 Å². The Kier molecular flexibility index (Phi) is 2.91. The molecule has 0 saturated heterocycles. The molecule has 92 valence electrons. The van der Waals surface area contributed by atoms with Gasteiger partial charge in [-0.25, -0.2) is 9.97 Å². The molecule has 0 aromatic carbocycles. The van der Waals surface area contributed by atoms with Crippen LogP contribution in [0.3, 0.4) is 0 Å². The minimum Gasteiger partial charge on any atom is -0.319 e. The highest BCUT2D eigenvalue weighted by Crippen LogP contribution is 2.27. The number of rotatable bonds is 3. The van der Waals surface area contributed by atoms with Crippen molar-refractivity contribution in [1.82, 2.24) is 14.5 Å². The van der Waals surface area contributed by atoms with Gasteiger partial charge in [0.1, 0.15) is 11.3 Å². The van der Waals surface area contributed by atoms with E-state index in [1.54, 1.807) is 6.20 Å². The molecule has 2 rings (SSSR count). The molecule has 2 aromatic heterocycles. The minimum atomic E-state index is -0.412. The van der Waals surface area contributed by atoms with Gasteiger partial charge in [0.2, 0.25) is 0 Å². The molecule has 0 bridgehead atoms. The van der Waals surface area contributed by atoms with Crippen LogP contribution in [-0.2, 0) is 5.54 Å². The molecule has 0 aliphatic rings. The number of nitrogens with zero attached hydrogens (tertiary/aromatic N) is 3. The van der Waals surface area contributed by atoms with Crippen molar-refractivity contribution in [1.29, 1.82) is 0 Å². The highest BCUT2D eigenvalue weighted by atomic mass is 15.2. The molecule has 0 aliphatic carbocycles. The van der Waals surface area contributed by atoms with Crippen molar-refractivity contribution in [3.63, 3.8) is 0 Å². The van der Waals surface area contributed by atoms with Gasteiger partial charge in [-0.15, -0.1) is 0 Å². The molecule has 0 saturated carbocycles. The van der Waals surface area contributed by atoms with E-state index in [1.165, 1.54) is 0 Å². The van der Waals surface area contributed by atoms with E-state index in [2.05, 4.69) is 35.3 Å². The van der Waals surface area contributed by atoms with Crippen LogP contribution in [0.25, 0.3) is 11.2 Å². The number of fused-ring (bicyclic) bond motifs is 1. The highest BCUT2D eigenvalue weighted by molar-refractivity contribution is 5.71. The lowest BCUT2D eigenvalue weighted by molar-refractivity contribution is 0.409. The first-order valence-electron chi connectivity index (χ1n) is 6.09. The van der Waals surface area contributed by atoms with Crippen molar-refractivity contribution in [3.05, 3.63) is 24.2 Å². The molecule has 1 atom stereocenters. The highest BCUT2D eigenvalue weighted by Gasteiger charge is 2.27. The van der Waals surface area contributed by atoms with Gasteiger partial charge in [-0.1, -0.05) is 6.92 Å². The summed E-state index contributed by atoms with van der Waals surface area (Å²) in [5, 5.41) is 0. The van der Waals surface area contributed by atoms with Gasteiger partial charge in [0.25, 0.3) is 0 Å². The standard InChI is InChI=1S/C13H20N4/c1-5-13(4,14)12-16-10-7-6-8-15-11(10)17(12)9(2)3/h6-9H,5,14H2,1-4H3. The van der Waals surface area contributed by atoms with Crippen LogP contribution >= 0.6 is 0 Å². The zero-order valence-electron chi connectivity index (χ0n) is 10.9. The van der Waals surface area contributed by atoms with E-state index in [4.69, 9.17) is 5.73 Å². The minimum absolute atomic E-state index is 0.305. The smallest absolute Gasteiger partial charge is 0.160 e. The summed E-state index contributed by atoms with van der Waals surface area (Å²) in [4.78, 5) is 9.07. The van der Waals surface area contributed by atoms with Crippen LogP contribution in [0.1, 0.15) is 46.0 Å². The number of pyridine rings is 1. The maximum absolute atomic E-state index is 6.33. The van der Waals surface area contributed by atoms with Crippen molar-refractivity contribution in [2.75, 3.05) is 0 Å². The zero-order chi connectivity index (χ0) is 12.6. The van der Waals surface area contributed by atoms with Crippen LogP contribution in [0.4, 0.5) is 0 Å². The maximum atomic E-state index is 6.33. The normalized spacial score (nSPS) is 15.4. The molecule has 0 aliphatic heterocycles. The topological polar surface area (TPSA) is 56.7 Å². The Balaban J connectivity index is 2.75. The first kappa shape index (κ1) is 12.0. The first-order chi connectivity index (χ1) is 7.97. The molecule has 0 radical (unpaired) electrons. The van der Waals surface area contributed by atoms with Crippen LogP contribution in [0, 0.1) is 0 Å². The van der Waals surface area contributed by atoms with Crippen LogP contribution < -0.4 is 5.73 Å². The molecule has 4 heteroatoms. The Morgan fingerprint density at radius 1 is 1.47 bits per heavy atom. The Morgan fingerprint density at radius 3 is 2.76 bits per heavy atom. The zero-order valence-corrected chi connectivity index (χ0v) is 10.9. The monoisotopic (exact) mass is 232 g/mol. The van der Waals surface area contributed by atoms with Gasteiger partial charge in [-0.3, -0.25) is 0 Å². The van der Waals surface area contributed by atoms with Crippen molar-refractivity contribution in [3.8, 4) is 0 Å². The summed E-state index contributed by atoms with van der Waals surface area (Å²) in [5.74, 6) is 0.920. The van der Waals surface area contributed by atoms with E-state index in [0.29, 0.717) is 6.04 Å². The molecular weight excluding hydrogens is 212 g/mol. The van der Waals surface area contributed by atoms with Crippen molar-refractivity contribution in [2.45, 2.75) is 45.7 Å². The summed E-state index contributed by atoms with van der Waals surface area (Å²) in [5.41, 5.74) is 7.75. The third-order valence-corrected chi connectivity index (χ3v) is 3.21. The van der Waals surface area contributed by atoms with Gasteiger partial charge >= 0.3 is 0 Å². The fraction of sp³-hybridized carbons (Fsp3) is 0.538. The third-order valence-electron chi connectivity index (χ3n) is 3.21. The van der Waals surface area contributed by atoms with E-state index in [-0.39, 0.29) is 0 Å². The number of aromatic nitrogens is 3. The number of nitrogens with two attached hydrogens (primary N) is 1. The molecule has 2 heterocycles. The molecule has 1 unspecified atom stereocenters. The van der Waals surface area contributed by atoms with Crippen LogP contribution in [0.5, 0.6) is 0 Å². The Hall–Kier alpha value is -1.42. The number of hydrogen-bond acceptors (Lipinski definition) is 3. The molecule has 17 heavy (non-hydrogen) atoms. The van der Waals surface area contributed by atoms with E-state index in [1.807, 2.05) is 19.1 Å². The summed E-state index contributed by atoms with van der Waals surface area (Å²) in [6.45, 7) is 8.36. The first-order valence-corrected chi connectivity index (χ1v) is 6.09. The fourth-order valence-corrected chi connectivity index (χ4v) is 1.98. The number of imidazole rings is 1. The second-order valence-corrected chi connectivity index (χ2v) is 5.02. The molecule has 0 amide bonds. The lowest BCUT2D eigenvalue weighted by atomic mass is 9.99. The third kappa shape index (κ3) is 1.93. The van der Waals surface area contributed by atoms with Gasteiger partial charge < -0.3 is 10.3 Å². The summed E-state index contributed by atoms with van der Waals surface area (Å²) in [6, 6.07) is 4.19. The van der Waals surface area contributed by atoms with E-state index < -0.39 is 5.54 Å². The SMILES string of the molecule is CCC(C)(N)c1nc2cccnc2n1C(C)C. The average molecular weight is 232 g/mol. The van der Waals surface area contributed by atoms with E-state index >= 15 is 0 Å².